The van der Waals surface area contributed by atoms with E-state index in [4.69, 9.17) is 9.52 Å². The Kier molecular flexibility index (Phi) is 1.49. The van der Waals surface area contributed by atoms with Crippen LogP contribution in [0.25, 0.3) is 0 Å². The molecule has 0 bridgehead atoms. The van der Waals surface area contributed by atoms with Gasteiger partial charge < -0.3 is 9.52 Å². The normalized spacial score (nSPS) is 9.80. The lowest BCUT2D eigenvalue weighted by Crippen LogP contribution is -1.95. The Bertz CT molecular complexity index is 260. The molecule has 0 spiro atoms. The SMILES string of the molecule is Cc1coc(C(=O)O)c1C. The lowest BCUT2D eigenvalue weighted by Gasteiger charge is -1.87. The Hall–Kier alpha value is -1.25. The summed E-state index contributed by atoms with van der Waals surface area (Å²) in [7, 11) is 0. The third-order valence-corrected chi connectivity index (χ3v) is 1.48. The highest BCUT2D eigenvalue weighted by Crippen LogP contribution is 2.14. The zero-order valence-corrected chi connectivity index (χ0v) is 5.84. The first-order chi connectivity index (χ1) is 4.63. The molecule has 54 valence electrons. The first kappa shape index (κ1) is 6.86. The van der Waals surface area contributed by atoms with E-state index in [1.54, 1.807) is 6.92 Å². The number of aryl methyl sites for hydroxylation is 1. The molecule has 0 aromatic carbocycles. The molecule has 1 heterocycles. The molecule has 0 aliphatic carbocycles. The quantitative estimate of drug-likeness (QED) is 0.644. The van der Waals surface area contributed by atoms with Crippen molar-refractivity contribution in [1.82, 2.24) is 0 Å². The number of rotatable bonds is 1. The van der Waals surface area contributed by atoms with Crippen LogP contribution in [0.1, 0.15) is 21.7 Å². The second-order valence-electron chi connectivity index (χ2n) is 2.18. The summed E-state index contributed by atoms with van der Waals surface area (Å²) >= 11 is 0. The Morgan fingerprint density at radius 2 is 2.20 bits per heavy atom. The summed E-state index contributed by atoms with van der Waals surface area (Å²) in [6.45, 7) is 3.54. The van der Waals surface area contributed by atoms with Gasteiger partial charge in [-0.2, -0.15) is 0 Å². The average Bonchev–Trinajstić information content (AvgIpc) is 2.14. The van der Waals surface area contributed by atoms with Gasteiger partial charge in [0.05, 0.1) is 6.26 Å². The molecule has 0 saturated carbocycles. The molecule has 0 unspecified atom stereocenters. The fourth-order valence-corrected chi connectivity index (χ4v) is 0.714. The average molecular weight is 140 g/mol. The minimum absolute atomic E-state index is 0.0394. The summed E-state index contributed by atoms with van der Waals surface area (Å²) in [4.78, 5) is 10.3. The van der Waals surface area contributed by atoms with Crippen molar-refractivity contribution < 1.29 is 14.3 Å². The lowest BCUT2D eigenvalue weighted by atomic mass is 10.2. The van der Waals surface area contributed by atoms with Gasteiger partial charge in [-0.05, 0) is 19.4 Å². The number of hydrogen-bond donors (Lipinski definition) is 1. The number of aromatic carboxylic acids is 1. The Balaban J connectivity index is 3.17. The third kappa shape index (κ3) is 0.900. The van der Waals surface area contributed by atoms with Gasteiger partial charge in [-0.1, -0.05) is 0 Å². The topological polar surface area (TPSA) is 50.4 Å². The molecule has 0 fully saturated rings. The van der Waals surface area contributed by atoms with E-state index in [0.29, 0.717) is 5.56 Å². The minimum atomic E-state index is -1.01. The van der Waals surface area contributed by atoms with Gasteiger partial charge >= 0.3 is 5.97 Å². The van der Waals surface area contributed by atoms with Gasteiger partial charge in [-0.3, -0.25) is 0 Å². The van der Waals surface area contributed by atoms with E-state index in [0.717, 1.165) is 5.56 Å². The van der Waals surface area contributed by atoms with Crippen LogP contribution in [0, 0.1) is 13.8 Å². The maximum Gasteiger partial charge on any atom is 0.372 e. The number of furan rings is 1. The highest BCUT2D eigenvalue weighted by Gasteiger charge is 2.12. The summed E-state index contributed by atoms with van der Waals surface area (Å²) in [5.74, 6) is -0.969. The highest BCUT2D eigenvalue weighted by molar-refractivity contribution is 5.86. The van der Waals surface area contributed by atoms with Crippen LogP contribution in [0.4, 0.5) is 0 Å². The van der Waals surface area contributed by atoms with Crippen LogP contribution in [0.5, 0.6) is 0 Å². The molecule has 3 nitrogen and oxygen atoms in total. The highest BCUT2D eigenvalue weighted by atomic mass is 16.4. The molecule has 1 aromatic heterocycles. The molecule has 3 heteroatoms. The largest absolute Gasteiger partial charge is 0.475 e. The van der Waals surface area contributed by atoms with Gasteiger partial charge in [0.15, 0.2) is 0 Å². The first-order valence-corrected chi connectivity index (χ1v) is 2.91. The second-order valence-corrected chi connectivity index (χ2v) is 2.18. The predicted molar refractivity (Wildman–Crippen MR) is 35.1 cm³/mol. The molecular weight excluding hydrogens is 132 g/mol. The van der Waals surface area contributed by atoms with Gasteiger partial charge in [-0.25, -0.2) is 4.79 Å². The van der Waals surface area contributed by atoms with Crippen LogP contribution in [-0.4, -0.2) is 11.1 Å². The molecular formula is C7H8O3. The van der Waals surface area contributed by atoms with Crippen molar-refractivity contribution in [2.45, 2.75) is 13.8 Å². The second kappa shape index (κ2) is 2.17. The van der Waals surface area contributed by atoms with Gasteiger partial charge in [0.2, 0.25) is 5.76 Å². The zero-order valence-electron chi connectivity index (χ0n) is 5.84. The molecule has 0 aliphatic heterocycles. The van der Waals surface area contributed by atoms with Crippen LogP contribution >= 0.6 is 0 Å². The van der Waals surface area contributed by atoms with Crippen molar-refractivity contribution in [3.05, 3.63) is 23.2 Å². The molecule has 0 radical (unpaired) electrons. The van der Waals surface area contributed by atoms with Gasteiger partial charge in [0.1, 0.15) is 0 Å². The zero-order chi connectivity index (χ0) is 7.72. The molecule has 1 aromatic rings. The summed E-state index contributed by atoms with van der Waals surface area (Å²) in [5, 5.41) is 8.49. The van der Waals surface area contributed by atoms with Crippen molar-refractivity contribution >= 4 is 5.97 Å². The lowest BCUT2D eigenvalue weighted by molar-refractivity contribution is 0.0661. The molecule has 0 aliphatic rings. The van der Waals surface area contributed by atoms with Crippen LogP contribution in [0.2, 0.25) is 0 Å². The van der Waals surface area contributed by atoms with Gasteiger partial charge in [0, 0.05) is 5.56 Å². The monoisotopic (exact) mass is 140 g/mol. The van der Waals surface area contributed by atoms with E-state index in [2.05, 4.69) is 0 Å². The standard InChI is InChI=1S/C7H8O3/c1-4-3-10-6(5(4)2)7(8)9/h3H,1-2H3,(H,8,9). The van der Waals surface area contributed by atoms with Crippen LogP contribution in [0.3, 0.4) is 0 Å². The summed E-state index contributed by atoms with van der Waals surface area (Å²) < 4.78 is 4.76. The number of carbonyl (C=O) groups is 1. The molecule has 0 amide bonds. The molecule has 1 N–H and O–H groups in total. The van der Waals surface area contributed by atoms with Crippen molar-refractivity contribution in [2.24, 2.45) is 0 Å². The number of carboxylic acids is 1. The first-order valence-electron chi connectivity index (χ1n) is 2.91. The van der Waals surface area contributed by atoms with E-state index in [1.807, 2.05) is 6.92 Å². The van der Waals surface area contributed by atoms with E-state index < -0.39 is 5.97 Å². The Labute approximate surface area is 58.3 Å². The molecule has 0 saturated heterocycles. The summed E-state index contributed by atoms with van der Waals surface area (Å²) in [5.41, 5.74) is 1.57. The Morgan fingerprint density at radius 1 is 1.60 bits per heavy atom. The van der Waals surface area contributed by atoms with Crippen molar-refractivity contribution in [2.75, 3.05) is 0 Å². The van der Waals surface area contributed by atoms with Crippen LogP contribution in [0.15, 0.2) is 10.7 Å². The van der Waals surface area contributed by atoms with Crippen molar-refractivity contribution in [3.8, 4) is 0 Å². The van der Waals surface area contributed by atoms with E-state index in [1.165, 1.54) is 6.26 Å². The van der Waals surface area contributed by atoms with Crippen molar-refractivity contribution in [3.63, 3.8) is 0 Å². The van der Waals surface area contributed by atoms with E-state index >= 15 is 0 Å². The molecule has 1 rings (SSSR count). The third-order valence-electron chi connectivity index (χ3n) is 1.48. The smallest absolute Gasteiger partial charge is 0.372 e. The van der Waals surface area contributed by atoms with Gasteiger partial charge in [0.25, 0.3) is 0 Å². The predicted octanol–water partition coefficient (Wildman–Crippen LogP) is 1.59. The summed E-state index contributed by atoms with van der Waals surface area (Å²) in [6.07, 6.45) is 1.44. The molecule has 0 atom stereocenters. The van der Waals surface area contributed by atoms with E-state index in [9.17, 15) is 4.79 Å². The fraction of sp³-hybridized carbons (Fsp3) is 0.286. The van der Waals surface area contributed by atoms with E-state index in [-0.39, 0.29) is 5.76 Å². The van der Waals surface area contributed by atoms with Gasteiger partial charge in [-0.15, -0.1) is 0 Å². The fourth-order valence-electron chi connectivity index (χ4n) is 0.714. The van der Waals surface area contributed by atoms with Crippen LogP contribution in [-0.2, 0) is 0 Å². The number of hydrogen-bond acceptors (Lipinski definition) is 2. The summed E-state index contributed by atoms with van der Waals surface area (Å²) in [6, 6.07) is 0. The van der Waals surface area contributed by atoms with Crippen molar-refractivity contribution in [1.29, 1.82) is 0 Å². The Morgan fingerprint density at radius 3 is 2.40 bits per heavy atom. The maximum atomic E-state index is 10.3. The molecule has 10 heavy (non-hydrogen) atoms. The maximum absolute atomic E-state index is 10.3. The number of carboxylic acid groups (broad SMARTS) is 1. The minimum Gasteiger partial charge on any atom is -0.475 e. The van der Waals surface area contributed by atoms with Crippen LogP contribution < -0.4 is 0 Å².